The molecular formula is C25H24ClF3N2O2. The number of likely N-dealkylation sites (tertiary alicyclic amines) is 1. The van der Waals surface area contributed by atoms with Crippen molar-refractivity contribution in [1.82, 2.24) is 9.88 Å². The normalized spacial score (nSPS) is 28.5. The van der Waals surface area contributed by atoms with Crippen LogP contribution in [0, 0.1) is 0 Å². The van der Waals surface area contributed by atoms with Crippen LogP contribution < -0.4 is 0 Å². The predicted molar refractivity (Wildman–Crippen MR) is 121 cm³/mol. The number of nitrogens with zero attached hydrogens (tertiary/aromatic N) is 2. The van der Waals surface area contributed by atoms with Gasteiger partial charge in [-0.25, -0.2) is 0 Å². The summed E-state index contributed by atoms with van der Waals surface area (Å²) < 4.78 is 39.7. The Balaban J connectivity index is 0.00000228. The number of likely N-dealkylation sites (N-methyl/N-ethyl adjacent to an activating group) is 1. The highest BCUT2D eigenvalue weighted by atomic mass is 35.5. The Hall–Kier alpha value is -2.35. The van der Waals surface area contributed by atoms with Gasteiger partial charge in [-0.05, 0) is 73.5 Å². The number of hydrogen-bond donors (Lipinski definition) is 2. The fourth-order valence-corrected chi connectivity index (χ4v) is 6.44. The lowest BCUT2D eigenvalue weighted by Gasteiger charge is -2.63. The number of hydrogen-bond acceptors (Lipinski definition) is 4. The van der Waals surface area contributed by atoms with E-state index in [2.05, 4.69) is 9.88 Å². The average molecular weight is 477 g/mol. The molecule has 2 N–H and O–H groups in total. The Kier molecular flexibility index (Phi) is 4.81. The highest BCUT2D eigenvalue weighted by Crippen LogP contribution is 2.57. The molecule has 1 fully saturated rings. The summed E-state index contributed by atoms with van der Waals surface area (Å²) in [7, 11) is 2.03. The van der Waals surface area contributed by atoms with Crippen molar-refractivity contribution in [3.05, 3.63) is 70.4 Å². The molecule has 1 saturated heterocycles. The highest BCUT2D eigenvalue weighted by Gasteiger charge is 2.64. The van der Waals surface area contributed by atoms with Gasteiger partial charge in [-0.2, -0.15) is 13.2 Å². The monoisotopic (exact) mass is 476 g/mol. The van der Waals surface area contributed by atoms with E-state index in [1.807, 2.05) is 19.2 Å². The van der Waals surface area contributed by atoms with Crippen molar-refractivity contribution < 1.29 is 23.4 Å². The van der Waals surface area contributed by atoms with Crippen LogP contribution in [-0.4, -0.2) is 45.3 Å². The molecule has 8 heteroatoms. The third kappa shape index (κ3) is 3.02. The Labute approximate surface area is 195 Å². The lowest BCUT2D eigenvalue weighted by molar-refractivity contribution is -0.145. The summed E-state index contributed by atoms with van der Waals surface area (Å²) in [6.07, 6.45) is -2.22. The van der Waals surface area contributed by atoms with Gasteiger partial charge in [0.05, 0.1) is 16.7 Å². The second-order valence-electron chi connectivity index (χ2n) is 9.65. The van der Waals surface area contributed by atoms with Crippen LogP contribution in [0.1, 0.15) is 34.4 Å². The third-order valence-electron chi connectivity index (χ3n) is 8.07. The second-order valence-corrected chi connectivity index (χ2v) is 9.65. The number of pyridine rings is 1. The molecule has 4 nitrogen and oxygen atoms in total. The Morgan fingerprint density at radius 1 is 1.06 bits per heavy atom. The fourth-order valence-electron chi connectivity index (χ4n) is 6.44. The smallest absolute Gasteiger partial charge is 0.416 e. The van der Waals surface area contributed by atoms with E-state index in [9.17, 15) is 23.4 Å². The summed E-state index contributed by atoms with van der Waals surface area (Å²) in [5.41, 5.74) is 1.60. The van der Waals surface area contributed by atoms with E-state index in [0.717, 1.165) is 41.1 Å². The van der Waals surface area contributed by atoms with Gasteiger partial charge in [-0.1, -0.05) is 12.1 Å². The second kappa shape index (κ2) is 7.08. The summed E-state index contributed by atoms with van der Waals surface area (Å²) in [6, 6.07) is 10.8. The molecule has 6 rings (SSSR count). The van der Waals surface area contributed by atoms with E-state index >= 15 is 0 Å². The predicted octanol–water partition coefficient (Wildman–Crippen LogP) is 4.41. The minimum Gasteiger partial charge on any atom is -0.508 e. The van der Waals surface area contributed by atoms with Crippen LogP contribution in [0.3, 0.4) is 0 Å². The lowest BCUT2D eigenvalue weighted by atomic mass is 9.49. The van der Waals surface area contributed by atoms with Crippen LogP contribution in [0.4, 0.5) is 13.2 Å². The zero-order valence-electron chi connectivity index (χ0n) is 18.0. The number of phenolic OH excluding ortho intramolecular Hbond substituents is 1. The van der Waals surface area contributed by atoms with E-state index in [1.165, 1.54) is 6.07 Å². The molecule has 174 valence electrons. The van der Waals surface area contributed by atoms with Crippen LogP contribution >= 0.6 is 12.4 Å². The first-order valence-electron chi connectivity index (χ1n) is 10.9. The third-order valence-corrected chi connectivity index (χ3v) is 8.07. The number of piperidine rings is 1. The average Bonchev–Trinajstić information content (AvgIpc) is 2.72. The van der Waals surface area contributed by atoms with Crippen molar-refractivity contribution >= 4 is 23.3 Å². The Morgan fingerprint density at radius 3 is 2.61 bits per heavy atom. The molecule has 0 saturated carbocycles. The van der Waals surface area contributed by atoms with Gasteiger partial charge in [-0.3, -0.25) is 4.98 Å². The van der Waals surface area contributed by atoms with Crippen molar-refractivity contribution in [3.8, 4) is 5.75 Å². The maximum Gasteiger partial charge on any atom is 0.416 e. The molecule has 0 spiro atoms. The minimum atomic E-state index is -4.42. The number of halogens is 4. The van der Waals surface area contributed by atoms with Crippen LogP contribution in [0.5, 0.6) is 5.75 Å². The molecule has 0 radical (unpaired) electrons. The van der Waals surface area contributed by atoms with Gasteiger partial charge in [-0.15, -0.1) is 12.4 Å². The minimum absolute atomic E-state index is 0. The molecule has 3 atom stereocenters. The van der Waals surface area contributed by atoms with E-state index in [1.54, 1.807) is 12.1 Å². The van der Waals surface area contributed by atoms with Crippen LogP contribution in [-0.2, 0) is 30.9 Å². The zero-order valence-corrected chi connectivity index (χ0v) is 18.8. The zero-order chi connectivity index (χ0) is 22.5. The van der Waals surface area contributed by atoms with Gasteiger partial charge in [0, 0.05) is 35.4 Å². The Morgan fingerprint density at radius 2 is 1.85 bits per heavy atom. The molecule has 2 aromatic carbocycles. The topological polar surface area (TPSA) is 56.6 Å². The number of alkyl halides is 3. The standard InChI is InChI=1S/C25H23F3N2O2.ClH/c1-30-7-6-23-13-21-16(8-15-2-4-17(25(26,27)28)10-20(15)29-21)12-24(23,32)22(30)9-14-3-5-18(31)11-19(14)23;/h2-5,8,10-11,22,31-32H,6-7,9,12-13H2,1H3;1H/t22-,23-,24-;/m1./s1. The van der Waals surface area contributed by atoms with Crippen LogP contribution in [0.15, 0.2) is 42.5 Å². The summed E-state index contributed by atoms with van der Waals surface area (Å²) in [4.78, 5) is 6.89. The SMILES string of the molecule is CN1CC[C@]23Cc4nc5cc(C(F)(F)F)ccc5cc4C[C@@]2(O)[C@H]1Cc1ccc(O)cc13.Cl. The number of rotatable bonds is 0. The van der Waals surface area contributed by atoms with Crippen molar-refractivity contribution in [2.24, 2.45) is 0 Å². The number of aromatic nitrogens is 1. The largest absolute Gasteiger partial charge is 0.508 e. The maximum absolute atomic E-state index is 13.2. The molecule has 2 aliphatic carbocycles. The number of phenols is 1. The molecule has 2 heterocycles. The molecule has 0 amide bonds. The quantitative estimate of drug-likeness (QED) is 0.504. The van der Waals surface area contributed by atoms with Gasteiger partial charge in [0.2, 0.25) is 0 Å². The summed E-state index contributed by atoms with van der Waals surface area (Å²) >= 11 is 0. The van der Waals surface area contributed by atoms with Crippen molar-refractivity contribution in [1.29, 1.82) is 0 Å². The summed E-state index contributed by atoms with van der Waals surface area (Å²) in [5, 5.41) is 23.1. The number of aromatic hydroxyl groups is 1. The van der Waals surface area contributed by atoms with Crippen molar-refractivity contribution in [2.45, 2.75) is 48.9 Å². The van der Waals surface area contributed by atoms with Gasteiger partial charge >= 0.3 is 6.18 Å². The van der Waals surface area contributed by atoms with Crippen LogP contribution in [0.25, 0.3) is 10.9 Å². The van der Waals surface area contributed by atoms with E-state index in [4.69, 9.17) is 0 Å². The summed E-state index contributed by atoms with van der Waals surface area (Å²) in [6.45, 7) is 0.795. The summed E-state index contributed by atoms with van der Waals surface area (Å²) in [5.74, 6) is 0.157. The van der Waals surface area contributed by atoms with Crippen molar-refractivity contribution in [3.63, 3.8) is 0 Å². The van der Waals surface area contributed by atoms with Crippen molar-refractivity contribution in [2.75, 3.05) is 13.6 Å². The first-order valence-corrected chi connectivity index (χ1v) is 10.9. The van der Waals surface area contributed by atoms with Gasteiger partial charge in [0.25, 0.3) is 0 Å². The molecule has 33 heavy (non-hydrogen) atoms. The van der Waals surface area contributed by atoms with E-state index < -0.39 is 22.8 Å². The number of aliphatic hydroxyl groups is 1. The molecule has 0 unspecified atom stereocenters. The van der Waals surface area contributed by atoms with Gasteiger partial charge in [0.1, 0.15) is 5.75 Å². The molecular weight excluding hydrogens is 453 g/mol. The Bertz CT molecular complexity index is 1280. The molecule has 3 aliphatic rings. The first kappa shape index (κ1) is 22.4. The highest BCUT2D eigenvalue weighted by molar-refractivity contribution is 5.85. The van der Waals surface area contributed by atoms with Gasteiger partial charge < -0.3 is 15.1 Å². The lowest BCUT2D eigenvalue weighted by Crippen LogP contribution is -2.73. The fraction of sp³-hybridized carbons (Fsp3) is 0.400. The first-order chi connectivity index (χ1) is 15.1. The molecule has 2 bridgehead atoms. The molecule has 1 aliphatic heterocycles. The molecule has 1 aromatic heterocycles. The number of fused-ring (bicyclic) bond motifs is 3. The number of benzene rings is 2. The van der Waals surface area contributed by atoms with E-state index in [-0.39, 0.29) is 24.2 Å². The van der Waals surface area contributed by atoms with Gasteiger partial charge in [0.15, 0.2) is 0 Å². The van der Waals surface area contributed by atoms with Crippen LogP contribution in [0.2, 0.25) is 0 Å². The molecule has 3 aromatic rings. The van der Waals surface area contributed by atoms with E-state index in [0.29, 0.717) is 36.6 Å². The maximum atomic E-state index is 13.2.